The number of piperidine rings is 1. The van der Waals surface area contributed by atoms with Gasteiger partial charge in [0.05, 0.1) is 6.10 Å². The van der Waals surface area contributed by atoms with Crippen LogP contribution in [0.15, 0.2) is 24.3 Å². The Morgan fingerprint density at radius 1 is 1.24 bits per heavy atom. The molecule has 0 spiro atoms. The van der Waals surface area contributed by atoms with Gasteiger partial charge >= 0.3 is 0 Å². The molecule has 7 heteroatoms. The Bertz CT molecular complexity index is 674. The maximum Gasteiger partial charge on any atom is 0.204 e. The Balaban J connectivity index is 1.37. The number of aromatic amines is 1. The zero-order valence-electron chi connectivity index (χ0n) is 14.8. The fourth-order valence-electron chi connectivity index (χ4n) is 4.41. The van der Waals surface area contributed by atoms with Crippen LogP contribution in [0.3, 0.4) is 0 Å². The molecule has 2 fully saturated rings. The molecule has 2 aliphatic heterocycles. The second-order valence-electron chi connectivity index (χ2n) is 7.49. The highest BCUT2D eigenvalue weighted by Crippen LogP contribution is 2.36. The lowest BCUT2D eigenvalue weighted by molar-refractivity contribution is 0.0544. The van der Waals surface area contributed by atoms with Gasteiger partial charge in [-0.2, -0.15) is 5.21 Å². The van der Waals surface area contributed by atoms with E-state index in [2.05, 4.69) is 44.5 Å². The van der Waals surface area contributed by atoms with Gasteiger partial charge in [-0.1, -0.05) is 24.3 Å². The number of nitrogens with zero attached hydrogens (tertiary/aromatic N) is 5. The number of H-pyrrole nitrogens is 1. The van der Waals surface area contributed by atoms with Crippen LogP contribution < -0.4 is 0 Å². The molecule has 25 heavy (non-hydrogen) atoms. The minimum atomic E-state index is -0.485. The summed E-state index contributed by atoms with van der Waals surface area (Å²) in [5.74, 6) is 0.569. The summed E-state index contributed by atoms with van der Waals surface area (Å²) in [5.41, 5.74) is 1.82. The maximum absolute atomic E-state index is 10.6. The summed E-state index contributed by atoms with van der Waals surface area (Å²) >= 11 is 0. The fraction of sp³-hybridized carbons (Fsp3) is 0.611. The Kier molecular flexibility index (Phi) is 4.54. The van der Waals surface area contributed by atoms with Crippen LogP contribution in [0.4, 0.5) is 0 Å². The number of aliphatic hydroxyl groups excluding tert-OH is 1. The molecule has 4 rings (SSSR count). The van der Waals surface area contributed by atoms with Crippen molar-refractivity contribution in [2.45, 2.75) is 49.9 Å². The number of likely N-dealkylation sites (N-methyl/N-ethyl adjacent to an activating group) is 1. The van der Waals surface area contributed by atoms with Gasteiger partial charge in [-0.25, -0.2) is 0 Å². The van der Waals surface area contributed by atoms with E-state index in [1.165, 1.54) is 25.7 Å². The van der Waals surface area contributed by atoms with E-state index in [0.717, 1.165) is 23.2 Å². The van der Waals surface area contributed by atoms with Crippen molar-refractivity contribution in [1.29, 1.82) is 0 Å². The van der Waals surface area contributed by atoms with Gasteiger partial charge in [-0.15, -0.1) is 10.2 Å². The second kappa shape index (κ2) is 6.82. The molecule has 3 atom stereocenters. The van der Waals surface area contributed by atoms with Gasteiger partial charge in [-0.3, -0.25) is 0 Å². The number of fused-ring (bicyclic) bond motifs is 2. The second-order valence-corrected chi connectivity index (χ2v) is 7.49. The lowest BCUT2D eigenvalue weighted by atomic mass is 9.96. The highest BCUT2D eigenvalue weighted by molar-refractivity contribution is 5.54. The van der Waals surface area contributed by atoms with Crippen LogP contribution in [-0.2, 0) is 0 Å². The smallest absolute Gasteiger partial charge is 0.204 e. The summed E-state index contributed by atoms with van der Waals surface area (Å²) < 4.78 is 0. The zero-order valence-corrected chi connectivity index (χ0v) is 14.8. The van der Waals surface area contributed by atoms with E-state index in [4.69, 9.17) is 0 Å². The predicted molar refractivity (Wildman–Crippen MR) is 94.8 cm³/mol. The van der Waals surface area contributed by atoms with E-state index in [1.54, 1.807) is 0 Å². The quantitative estimate of drug-likeness (QED) is 0.856. The summed E-state index contributed by atoms with van der Waals surface area (Å²) in [7, 11) is 4.41. The summed E-state index contributed by atoms with van der Waals surface area (Å²) in [5, 5.41) is 24.6. The third-order valence-corrected chi connectivity index (χ3v) is 6.06. The molecule has 2 aromatic rings. The summed E-state index contributed by atoms with van der Waals surface area (Å²) in [4.78, 5) is 4.90. The van der Waals surface area contributed by atoms with Crippen LogP contribution in [0.25, 0.3) is 11.4 Å². The van der Waals surface area contributed by atoms with Crippen molar-refractivity contribution in [3.63, 3.8) is 0 Å². The van der Waals surface area contributed by atoms with Crippen molar-refractivity contribution in [2.75, 3.05) is 20.6 Å². The van der Waals surface area contributed by atoms with Crippen LogP contribution in [0.2, 0.25) is 0 Å². The number of aromatic nitrogens is 4. The van der Waals surface area contributed by atoms with Crippen molar-refractivity contribution in [2.24, 2.45) is 0 Å². The number of tetrazole rings is 1. The molecule has 1 aromatic carbocycles. The molecule has 3 heterocycles. The Labute approximate surface area is 148 Å². The highest BCUT2D eigenvalue weighted by atomic mass is 16.3. The minimum Gasteiger partial charge on any atom is -0.387 e. The topological polar surface area (TPSA) is 81.2 Å². The average Bonchev–Trinajstić information content (AvgIpc) is 3.20. The average molecular weight is 342 g/mol. The Morgan fingerprint density at radius 3 is 2.52 bits per heavy atom. The fourth-order valence-corrected chi connectivity index (χ4v) is 4.41. The molecule has 0 amide bonds. The third kappa shape index (κ3) is 3.31. The number of rotatable bonds is 5. The molecule has 3 unspecified atom stereocenters. The van der Waals surface area contributed by atoms with Crippen molar-refractivity contribution >= 4 is 0 Å². The molecule has 2 bridgehead atoms. The first-order valence-corrected chi connectivity index (χ1v) is 9.06. The van der Waals surface area contributed by atoms with Gasteiger partial charge in [0.1, 0.15) is 0 Å². The number of nitrogens with one attached hydrogen (secondary N) is 1. The highest BCUT2D eigenvalue weighted by Gasteiger charge is 2.39. The molecule has 2 N–H and O–H groups in total. The summed E-state index contributed by atoms with van der Waals surface area (Å²) in [6.45, 7) is 0.662. The largest absolute Gasteiger partial charge is 0.387 e. The van der Waals surface area contributed by atoms with Gasteiger partial charge in [0, 0.05) is 30.2 Å². The lowest BCUT2D eigenvalue weighted by Gasteiger charge is -2.41. The number of benzene rings is 1. The lowest BCUT2D eigenvalue weighted by Crippen LogP contribution is -2.48. The Morgan fingerprint density at radius 2 is 1.92 bits per heavy atom. The van der Waals surface area contributed by atoms with Crippen LogP contribution in [-0.4, -0.2) is 74.3 Å². The number of hydrogen-bond acceptors (Lipinski definition) is 6. The van der Waals surface area contributed by atoms with E-state index in [0.29, 0.717) is 18.4 Å². The number of hydrogen-bond donors (Lipinski definition) is 2. The molecule has 2 saturated heterocycles. The monoisotopic (exact) mass is 342 g/mol. The van der Waals surface area contributed by atoms with Crippen molar-refractivity contribution < 1.29 is 5.11 Å². The van der Waals surface area contributed by atoms with Gasteiger partial charge in [0.2, 0.25) is 5.82 Å². The van der Waals surface area contributed by atoms with E-state index < -0.39 is 6.10 Å². The van der Waals surface area contributed by atoms with Gasteiger partial charge < -0.3 is 14.9 Å². The maximum atomic E-state index is 10.6. The molecule has 2 aliphatic rings. The number of aliphatic hydroxyl groups is 1. The van der Waals surface area contributed by atoms with E-state index >= 15 is 0 Å². The van der Waals surface area contributed by atoms with E-state index in [-0.39, 0.29) is 0 Å². The molecular formula is C18H26N6O. The van der Waals surface area contributed by atoms with Crippen LogP contribution in [0.1, 0.15) is 37.4 Å². The summed E-state index contributed by atoms with van der Waals surface area (Å²) in [6, 6.07) is 9.76. The molecule has 0 radical (unpaired) electrons. The summed E-state index contributed by atoms with van der Waals surface area (Å²) in [6.07, 6.45) is 4.60. The predicted octanol–water partition coefficient (Wildman–Crippen LogP) is 1.46. The molecule has 134 valence electrons. The van der Waals surface area contributed by atoms with Gasteiger partial charge in [0.25, 0.3) is 0 Å². The van der Waals surface area contributed by atoms with Gasteiger partial charge in [0.15, 0.2) is 0 Å². The third-order valence-electron chi connectivity index (χ3n) is 6.06. The first-order valence-electron chi connectivity index (χ1n) is 9.06. The van der Waals surface area contributed by atoms with Crippen molar-refractivity contribution in [3.05, 3.63) is 29.8 Å². The molecule has 0 aliphatic carbocycles. The molecule has 7 nitrogen and oxygen atoms in total. The van der Waals surface area contributed by atoms with E-state index in [9.17, 15) is 5.11 Å². The van der Waals surface area contributed by atoms with Crippen molar-refractivity contribution in [1.82, 2.24) is 30.4 Å². The van der Waals surface area contributed by atoms with E-state index in [1.807, 2.05) is 24.3 Å². The first-order chi connectivity index (χ1) is 12.1. The van der Waals surface area contributed by atoms with Crippen LogP contribution in [0, 0.1) is 0 Å². The van der Waals surface area contributed by atoms with Crippen LogP contribution >= 0.6 is 0 Å². The van der Waals surface area contributed by atoms with Crippen molar-refractivity contribution in [3.8, 4) is 11.4 Å². The standard InChI is InChI=1S/C18H26N6O/c1-23(16-9-14-7-8-15(10-16)24(14)2)11-17(25)12-3-5-13(6-4-12)18-19-21-22-20-18/h3-6,14-17,25H,7-11H2,1-2H3,(H,19,20,21,22). The molecule has 0 saturated carbocycles. The van der Waals surface area contributed by atoms with Crippen LogP contribution in [0.5, 0.6) is 0 Å². The zero-order chi connectivity index (χ0) is 17.4. The minimum absolute atomic E-state index is 0.485. The molecule has 1 aromatic heterocycles. The first kappa shape index (κ1) is 16.6. The normalized spacial score (nSPS) is 27.8. The Hall–Kier alpha value is -1.83. The molecular weight excluding hydrogens is 316 g/mol. The van der Waals surface area contributed by atoms with Gasteiger partial charge in [-0.05, 0) is 50.6 Å². The SMILES string of the molecule is CN(CC(O)c1ccc(-c2nn[nH]n2)cc1)C1CC2CCC(C1)N2C.